The van der Waals surface area contributed by atoms with Crippen LogP contribution in [0, 0.1) is 0 Å². The molecule has 0 amide bonds. The molecule has 8 aromatic carbocycles. The molecule has 0 aliphatic heterocycles. The Balaban J connectivity index is 1.24. The van der Waals surface area contributed by atoms with Crippen LogP contribution in [0.1, 0.15) is 0 Å². The molecular formula is C48H32N2S. The van der Waals surface area contributed by atoms with Crippen LogP contribution in [0.25, 0.3) is 69.9 Å². The molecule has 3 heteroatoms. The first kappa shape index (κ1) is 29.5. The lowest BCUT2D eigenvalue weighted by molar-refractivity contribution is 1.18. The summed E-state index contributed by atoms with van der Waals surface area (Å²) in [6.45, 7) is 0. The normalized spacial score (nSPS) is 11.5. The van der Waals surface area contributed by atoms with Crippen molar-refractivity contribution < 1.29 is 0 Å². The molecule has 0 atom stereocenters. The second kappa shape index (κ2) is 12.2. The fourth-order valence-corrected chi connectivity index (χ4v) is 8.91. The molecule has 2 heterocycles. The van der Waals surface area contributed by atoms with Gasteiger partial charge < -0.3 is 9.47 Å². The minimum Gasteiger partial charge on any atom is -0.310 e. The lowest BCUT2D eigenvalue weighted by Gasteiger charge is -2.28. The number of thiophene rings is 1. The van der Waals surface area contributed by atoms with Crippen LogP contribution in [0.4, 0.5) is 17.1 Å². The smallest absolute Gasteiger partial charge is 0.0554 e. The summed E-state index contributed by atoms with van der Waals surface area (Å²) in [5.74, 6) is 0. The Morgan fingerprint density at radius 3 is 1.76 bits per heavy atom. The standard InChI is InChI=1S/C48H32N2S/c1-3-16-33(17-4-1)41-32-35(49(34-18-5-2-6-19-34)45-27-15-29-47-48(45)40-23-10-14-28-46(40)51-47)30-31-36(41)37-20-7-11-24-42(37)50-43-25-12-8-21-38(43)39-22-9-13-26-44(39)50/h1-32H. The summed E-state index contributed by atoms with van der Waals surface area (Å²) in [6.07, 6.45) is 0. The summed E-state index contributed by atoms with van der Waals surface area (Å²) >= 11 is 1.86. The van der Waals surface area contributed by atoms with Crippen molar-refractivity contribution in [2.75, 3.05) is 4.90 Å². The van der Waals surface area contributed by atoms with Gasteiger partial charge in [0.1, 0.15) is 0 Å². The van der Waals surface area contributed by atoms with Gasteiger partial charge in [0, 0.05) is 47.9 Å². The molecule has 0 N–H and O–H groups in total. The fourth-order valence-electron chi connectivity index (χ4n) is 7.79. The highest BCUT2D eigenvalue weighted by Crippen LogP contribution is 2.47. The third kappa shape index (κ3) is 4.85. The number of benzene rings is 8. The van der Waals surface area contributed by atoms with Crippen molar-refractivity contribution in [2.45, 2.75) is 0 Å². The molecule has 2 aromatic heterocycles. The highest BCUT2D eigenvalue weighted by Gasteiger charge is 2.22. The van der Waals surface area contributed by atoms with Crippen LogP contribution in [-0.2, 0) is 0 Å². The van der Waals surface area contributed by atoms with E-state index in [1.54, 1.807) is 0 Å². The second-order valence-electron chi connectivity index (χ2n) is 12.9. The van der Waals surface area contributed by atoms with E-state index in [9.17, 15) is 0 Å². The summed E-state index contributed by atoms with van der Waals surface area (Å²) < 4.78 is 5.02. The van der Waals surface area contributed by atoms with Crippen LogP contribution < -0.4 is 4.90 Å². The Hall–Kier alpha value is -6.42. The molecule has 51 heavy (non-hydrogen) atoms. The highest BCUT2D eigenvalue weighted by molar-refractivity contribution is 7.26. The van der Waals surface area contributed by atoms with E-state index in [0.29, 0.717) is 0 Å². The number of rotatable bonds is 6. The second-order valence-corrected chi connectivity index (χ2v) is 14.0. The summed E-state index contributed by atoms with van der Waals surface area (Å²) in [5, 5.41) is 5.09. The third-order valence-corrected chi connectivity index (χ3v) is 11.1. The molecule has 0 saturated carbocycles. The van der Waals surface area contributed by atoms with Gasteiger partial charge in [0.25, 0.3) is 0 Å². The first-order chi connectivity index (χ1) is 25.3. The topological polar surface area (TPSA) is 8.17 Å². The molecule has 0 aliphatic carbocycles. The molecule has 0 aliphatic rings. The Morgan fingerprint density at radius 2 is 1.00 bits per heavy atom. The molecule has 0 unspecified atom stereocenters. The Bertz CT molecular complexity index is 2810. The van der Waals surface area contributed by atoms with E-state index in [2.05, 4.69) is 204 Å². The predicted octanol–water partition coefficient (Wildman–Crippen LogP) is 14.0. The summed E-state index contributed by atoms with van der Waals surface area (Å²) in [4.78, 5) is 2.43. The lowest BCUT2D eigenvalue weighted by atomic mass is 9.92. The van der Waals surface area contributed by atoms with Crippen molar-refractivity contribution in [3.63, 3.8) is 0 Å². The summed E-state index contributed by atoms with van der Waals surface area (Å²) in [7, 11) is 0. The SMILES string of the molecule is c1ccc(-c2cc(N(c3ccccc3)c3cccc4sc5ccccc5c34)ccc2-c2ccccc2-n2c3ccccc3c3ccccc32)cc1. The van der Waals surface area contributed by atoms with E-state index in [1.807, 2.05) is 11.3 Å². The maximum Gasteiger partial charge on any atom is 0.0554 e. The Labute approximate surface area is 300 Å². The van der Waals surface area contributed by atoms with Gasteiger partial charge in [-0.2, -0.15) is 0 Å². The van der Waals surface area contributed by atoms with Crippen molar-refractivity contribution in [1.29, 1.82) is 0 Å². The van der Waals surface area contributed by atoms with Gasteiger partial charge in [-0.05, 0) is 77.4 Å². The van der Waals surface area contributed by atoms with E-state index in [0.717, 1.165) is 17.1 Å². The molecule has 0 radical (unpaired) electrons. The molecule has 10 aromatic rings. The number of hydrogen-bond acceptors (Lipinski definition) is 2. The first-order valence-corrected chi connectivity index (χ1v) is 18.2. The molecule has 10 rings (SSSR count). The van der Waals surface area contributed by atoms with Crippen molar-refractivity contribution >= 4 is 70.4 Å². The van der Waals surface area contributed by atoms with Gasteiger partial charge in [-0.1, -0.05) is 133 Å². The van der Waals surface area contributed by atoms with Gasteiger partial charge in [-0.15, -0.1) is 11.3 Å². The first-order valence-electron chi connectivity index (χ1n) is 17.4. The van der Waals surface area contributed by atoms with Crippen molar-refractivity contribution in [3.05, 3.63) is 194 Å². The Morgan fingerprint density at radius 1 is 0.392 bits per heavy atom. The maximum atomic E-state index is 2.43. The molecular weight excluding hydrogens is 637 g/mol. The molecule has 2 nitrogen and oxygen atoms in total. The maximum absolute atomic E-state index is 2.43. The quantitative estimate of drug-likeness (QED) is 0.171. The van der Waals surface area contributed by atoms with E-state index in [-0.39, 0.29) is 0 Å². The van der Waals surface area contributed by atoms with Gasteiger partial charge in [0.2, 0.25) is 0 Å². The zero-order chi connectivity index (χ0) is 33.7. The van der Waals surface area contributed by atoms with Crippen LogP contribution >= 0.6 is 11.3 Å². The number of para-hydroxylation sites is 4. The third-order valence-electron chi connectivity index (χ3n) is 10.00. The fraction of sp³-hybridized carbons (Fsp3) is 0. The van der Waals surface area contributed by atoms with Crippen molar-refractivity contribution in [3.8, 4) is 27.9 Å². The van der Waals surface area contributed by atoms with E-state index in [1.165, 1.54) is 69.9 Å². The average molecular weight is 669 g/mol. The minimum absolute atomic E-state index is 1.11. The minimum atomic E-state index is 1.11. The monoisotopic (exact) mass is 668 g/mol. The highest BCUT2D eigenvalue weighted by atomic mass is 32.1. The zero-order valence-electron chi connectivity index (χ0n) is 27.8. The van der Waals surface area contributed by atoms with Gasteiger partial charge in [-0.25, -0.2) is 0 Å². The molecule has 0 spiro atoms. The zero-order valence-corrected chi connectivity index (χ0v) is 28.6. The molecule has 0 saturated heterocycles. The van der Waals surface area contributed by atoms with Crippen molar-refractivity contribution in [1.82, 2.24) is 4.57 Å². The summed E-state index contributed by atoms with van der Waals surface area (Å²) in [5.41, 5.74) is 11.7. The van der Waals surface area contributed by atoms with Crippen LogP contribution in [0.15, 0.2) is 194 Å². The van der Waals surface area contributed by atoms with Crippen LogP contribution in [-0.4, -0.2) is 4.57 Å². The van der Waals surface area contributed by atoms with Crippen molar-refractivity contribution in [2.24, 2.45) is 0 Å². The average Bonchev–Trinajstić information content (AvgIpc) is 3.75. The van der Waals surface area contributed by atoms with Gasteiger partial charge >= 0.3 is 0 Å². The lowest BCUT2D eigenvalue weighted by Crippen LogP contribution is -2.10. The number of fused-ring (bicyclic) bond motifs is 6. The number of hydrogen-bond donors (Lipinski definition) is 0. The van der Waals surface area contributed by atoms with E-state index < -0.39 is 0 Å². The molecule has 0 bridgehead atoms. The largest absolute Gasteiger partial charge is 0.310 e. The van der Waals surface area contributed by atoms with Crippen LogP contribution in [0.3, 0.4) is 0 Å². The van der Waals surface area contributed by atoms with Crippen LogP contribution in [0.5, 0.6) is 0 Å². The van der Waals surface area contributed by atoms with Gasteiger partial charge in [0.05, 0.1) is 22.4 Å². The number of nitrogens with zero attached hydrogens (tertiary/aromatic N) is 2. The van der Waals surface area contributed by atoms with Gasteiger partial charge in [0.15, 0.2) is 0 Å². The molecule has 240 valence electrons. The van der Waals surface area contributed by atoms with E-state index >= 15 is 0 Å². The van der Waals surface area contributed by atoms with E-state index in [4.69, 9.17) is 0 Å². The number of anilines is 3. The predicted molar refractivity (Wildman–Crippen MR) is 219 cm³/mol. The van der Waals surface area contributed by atoms with Gasteiger partial charge in [-0.3, -0.25) is 0 Å². The number of aromatic nitrogens is 1. The Kier molecular flexibility index (Phi) is 7.04. The summed E-state index contributed by atoms with van der Waals surface area (Å²) in [6, 6.07) is 70.4. The molecule has 0 fully saturated rings. The van der Waals surface area contributed by atoms with Crippen LogP contribution in [0.2, 0.25) is 0 Å².